The summed E-state index contributed by atoms with van der Waals surface area (Å²) in [4.78, 5) is 29.1. The van der Waals surface area contributed by atoms with E-state index in [1.165, 1.54) is 17.0 Å². The summed E-state index contributed by atoms with van der Waals surface area (Å²) < 4.78 is 16.7. The second-order valence-corrected chi connectivity index (χ2v) is 7.64. The molecule has 8 nitrogen and oxygen atoms in total. The molecule has 2 amide bonds. The molecule has 4 aromatic rings. The fourth-order valence-electron chi connectivity index (χ4n) is 4.00. The van der Waals surface area contributed by atoms with Gasteiger partial charge in [-0.25, -0.2) is 14.2 Å². The topological polar surface area (TPSA) is 100 Å². The first-order chi connectivity index (χ1) is 15.4. The number of carbonyl (C=O) groups excluding carboxylic acids is 1. The third-order valence-corrected chi connectivity index (χ3v) is 5.45. The summed E-state index contributed by atoms with van der Waals surface area (Å²) >= 11 is 0. The Morgan fingerprint density at radius 3 is 2.84 bits per heavy atom. The second-order valence-electron chi connectivity index (χ2n) is 7.64. The number of nitrogens with zero attached hydrogens (tertiary/aromatic N) is 4. The van der Waals surface area contributed by atoms with Crippen LogP contribution in [0.15, 0.2) is 54.7 Å². The van der Waals surface area contributed by atoms with Crippen LogP contribution in [0.1, 0.15) is 21.6 Å². The number of fused-ring (bicyclic) bond motifs is 2. The van der Waals surface area contributed by atoms with Crippen molar-refractivity contribution >= 4 is 28.7 Å². The number of hydrogen-bond acceptors (Lipinski definition) is 4. The SMILES string of the molecule is Cn1cc2c(-c3ccc(CN4Cc5ccc(NC(=O)O)nc5C4=O)c(F)c3)cccc2n1. The van der Waals surface area contributed by atoms with E-state index in [2.05, 4.69) is 15.4 Å². The average molecular weight is 431 g/mol. The van der Waals surface area contributed by atoms with Crippen LogP contribution in [0.25, 0.3) is 22.0 Å². The number of carbonyl (C=O) groups is 2. The number of amides is 2. The molecule has 2 aromatic carbocycles. The van der Waals surface area contributed by atoms with Gasteiger partial charge in [0.15, 0.2) is 0 Å². The molecule has 2 N–H and O–H groups in total. The van der Waals surface area contributed by atoms with Gasteiger partial charge in [0.25, 0.3) is 5.91 Å². The van der Waals surface area contributed by atoms with E-state index < -0.39 is 11.9 Å². The Hall–Kier alpha value is -4.27. The molecule has 0 saturated heterocycles. The number of benzene rings is 2. The number of halogens is 1. The molecule has 0 saturated carbocycles. The Balaban J connectivity index is 1.39. The van der Waals surface area contributed by atoms with Crippen molar-refractivity contribution in [2.75, 3.05) is 5.32 Å². The average Bonchev–Trinajstić information content (AvgIpc) is 3.28. The lowest BCUT2D eigenvalue weighted by Gasteiger charge is -2.16. The summed E-state index contributed by atoms with van der Waals surface area (Å²) in [5.41, 5.74) is 3.68. The maximum atomic E-state index is 15.0. The lowest BCUT2D eigenvalue weighted by atomic mass is 10.00. The molecule has 2 aromatic heterocycles. The molecular formula is C23H18FN5O3. The van der Waals surface area contributed by atoms with Crippen molar-refractivity contribution < 1.29 is 19.1 Å². The van der Waals surface area contributed by atoms with Gasteiger partial charge in [-0.15, -0.1) is 0 Å². The van der Waals surface area contributed by atoms with Gasteiger partial charge in [-0.05, 0) is 29.3 Å². The first-order valence-corrected chi connectivity index (χ1v) is 9.89. The summed E-state index contributed by atoms with van der Waals surface area (Å²) in [7, 11) is 1.84. The van der Waals surface area contributed by atoms with E-state index in [1.54, 1.807) is 16.8 Å². The zero-order valence-corrected chi connectivity index (χ0v) is 17.0. The Morgan fingerprint density at radius 2 is 2.06 bits per heavy atom. The zero-order chi connectivity index (χ0) is 22.4. The van der Waals surface area contributed by atoms with Gasteiger partial charge in [-0.3, -0.25) is 14.8 Å². The standard InChI is InChI=1S/C23H18FN5O3/c1-28-12-17-16(3-2-4-19(17)27-28)13-5-6-14(18(24)9-13)10-29-11-15-7-8-20(26-23(31)32)25-21(15)22(29)30/h2-9,12H,10-11H2,1H3,(H,25,26)(H,31,32). The van der Waals surface area contributed by atoms with E-state index in [0.717, 1.165) is 22.0 Å². The molecule has 0 radical (unpaired) electrons. The molecule has 0 bridgehead atoms. The third kappa shape index (κ3) is 3.43. The number of anilines is 1. The van der Waals surface area contributed by atoms with Crippen LogP contribution < -0.4 is 5.32 Å². The van der Waals surface area contributed by atoms with Crippen LogP contribution in [0.3, 0.4) is 0 Å². The Morgan fingerprint density at radius 1 is 1.22 bits per heavy atom. The van der Waals surface area contributed by atoms with E-state index in [1.807, 2.05) is 37.5 Å². The summed E-state index contributed by atoms with van der Waals surface area (Å²) in [5.74, 6) is -0.697. The van der Waals surface area contributed by atoms with E-state index in [4.69, 9.17) is 5.11 Å². The van der Waals surface area contributed by atoms with Crippen molar-refractivity contribution in [1.82, 2.24) is 19.7 Å². The molecule has 160 valence electrons. The van der Waals surface area contributed by atoms with Crippen LogP contribution in [0.2, 0.25) is 0 Å². The molecule has 9 heteroatoms. The Labute approximate surface area is 181 Å². The fraction of sp³-hybridized carbons (Fsp3) is 0.130. The molecule has 0 aliphatic carbocycles. The number of pyridine rings is 1. The minimum atomic E-state index is -1.26. The van der Waals surface area contributed by atoms with Crippen molar-refractivity contribution in [3.63, 3.8) is 0 Å². The second kappa shape index (κ2) is 7.45. The van der Waals surface area contributed by atoms with E-state index in [9.17, 15) is 9.59 Å². The van der Waals surface area contributed by atoms with Crippen LogP contribution in [0, 0.1) is 5.82 Å². The minimum Gasteiger partial charge on any atom is -0.465 e. The van der Waals surface area contributed by atoms with E-state index in [-0.39, 0.29) is 30.5 Å². The predicted molar refractivity (Wildman–Crippen MR) is 116 cm³/mol. The van der Waals surface area contributed by atoms with E-state index in [0.29, 0.717) is 11.1 Å². The Kier molecular flexibility index (Phi) is 4.58. The normalized spacial score (nSPS) is 12.9. The molecule has 1 aliphatic rings. The molecule has 3 heterocycles. The van der Waals surface area contributed by atoms with Crippen LogP contribution in [0.4, 0.5) is 15.0 Å². The number of nitrogens with one attached hydrogen (secondary N) is 1. The largest absolute Gasteiger partial charge is 0.465 e. The molecule has 1 aliphatic heterocycles. The number of rotatable bonds is 4. The molecule has 0 spiro atoms. The lowest BCUT2D eigenvalue weighted by Crippen LogP contribution is -2.24. The highest BCUT2D eigenvalue weighted by Crippen LogP contribution is 2.30. The van der Waals surface area contributed by atoms with Crippen LogP contribution in [-0.2, 0) is 20.1 Å². The predicted octanol–water partition coefficient (Wildman–Crippen LogP) is 4.02. The smallest absolute Gasteiger partial charge is 0.410 e. The van der Waals surface area contributed by atoms with Crippen LogP contribution in [0.5, 0.6) is 0 Å². The van der Waals surface area contributed by atoms with Crippen molar-refractivity contribution in [2.45, 2.75) is 13.1 Å². The number of aryl methyl sites for hydroxylation is 1. The minimum absolute atomic E-state index is 0.0755. The van der Waals surface area contributed by atoms with Gasteiger partial charge < -0.3 is 10.0 Å². The summed E-state index contributed by atoms with van der Waals surface area (Å²) in [6.07, 6.45) is 0.640. The number of hydrogen-bond donors (Lipinski definition) is 2. The quantitative estimate of drug-likeness (QED) is 0.508. The highest BCUT2D eigenvalue weighted by Gasteiger charge is 2.30. The number of aromatic nitrogens is 3. The van der Waals surface area contributed by atoms with Gasteiger partial charge >= 0.3 is 6.09 Å². The van der Waals surface area contributed by atoms with E-state index >= 15 is 4.39 Å². The molecule has 0 fully saturated rings. The van der Waals surface area contributed by atoms with Gasteiger partial charge in [0, 0.05) is 42.8 Å². The van der Waals surface area contributed by atoms with Crippen molar-refractivity contribution in [2.24, 2.45) is 7.05 Å². The fourth-order valence-corrected chi connectivity index (χ4v) is 4.00. The third-order valence-electron chi connectivity index (χ3n) is 5.45. The van der Waals surface area contributed by atoms with Gasteiger partial charge in [0.05, 0.1) is 5.52 Å². The van der Waals surface area contributed by atoms with Gasteiger partial charge in [-0.2, -0.15) is 5.10 Å². The highest BCUT2D eigenvalue weighted by atomic mass is 19.1. The molecule has 0 atom stereocenters. The van der Waals surface area contributed by atoms with Crippen LogP contribution >= 0.6 is 0 Å². The van der Waals surface area contributed by atoms with Crippen molar-refractivity contribution in [3.8, 4) is 11.1 Å². The summed E-state index contributed by atoms with van der Waals surface area (Å²) in [6.45, 7) is 0.366. The van der Waals surface area contributed by atoms with Gasteiger partial charge in [0.1, 0.15) is 17.3 Å². The number of carboxylic acid groups (broad SMARTS) is 1. The van der Waals surface area contributed by atoms with Crippen molar-refractivity contribution in [3.05, 3.63) is 77.4 Å². The monoisotopic (exact) mass is 431 g/mol. The lowest BCUT2D eigenvalue weighted by molar-refractivity contribution is 0.0761. The maximum Gasteiger partial charge on any atom is 0.410 e. The molecule has 0 unspecified atom stereocenters. The first-order valence-electron chi connectivity index (χ1n) is 9.89. The first kappa shape index (κ1) is 19.7. The highest BCUT2D eigenvalue weighted by molar-refractivity contribution is 5.97. The summed E-state index contributed by atoms with van der Waals surface area (Å²) in [6, 6.07) is 13.9. The van der Waals surface area contributed by atoms with Crippen LogP contribution in [-0.4, -0.2) is 36.8 Å². The van der Waals surface area contributed by atoms with Gasteiger partial charge in [0.2, 0.25) is 0 Å². The molecule has 5 rings (SSSR count). The molecule has 32 heavy (non-hydrogen) atoms. The van der Waals surface area contributed by atoms with Gasteiger partial charge in [-0.1, -0.05) is 30.3 Å². The molecular weight excluding hydrogens is 413 g/mol. The maximum absolute atomic E-state index is 15.0. The van der Waals surface area contributed by atoms with Crippen molar-refractivity contribution in [1.29, 1.82) is 0 Å². The summed E-state index contributed by atoms with van der Waals surface area (Å²) in [5, 5.41) is 16.3. The zero-order valence-electron chi connectivity index (χ0n) is 17.0. The Bertz CT molecular complexity index is 1400.